The zero-order valence-electron chi connectivity index (χ0n) is 13.5. The topological polar surface area (TPSA) is 96.5 Å². The van der Waals surface area contributed by atoms with Crippen molar-refractivity contribution in [2.45, 2.75) is 26.9 Å². The van der Waals surface area contributed by atoms with Gasteiger partial charge in [-0.05, 0) is 31.0 Å². The molecule has 0 heterocycles. The number of halogens is 2. The molecule has 132 valence electrons. The number of hydrogen-bond acceptors (Lipinski definition) is 4. The molecule has 1 rings (SSSR count). The van der Waals surface area contributed by atoms with Crippen molar-refractivity contribution in [3.8, 4) is 5.75 Å². The Morgan fingerprint density at radius 2 is 1.75 bits per heavy atom. The van der Waals surface area contributed by atoms with Crippen LogP contribution < -0.4 is 20.9 Å². The number of ether oxygens (including phenoxy) is 1. The lowest BCUT2D eigenvalue weighted by molar-refractivity contribution is -0.141. The van der Waals surface area contributed by atoms with Gasteiger partial charge >= 0.3 is 11.8 Å². The molecule has 1 aromatic carbocycles. The summed E-state index contributed by atoms with van der Waals surface area (Å²) in [6.45, 7) is 5.60. The van der Waals surface area contributed by atoms with E-state index in [9.17, 15) is 14.4 Å². The summed E-state index contributed by atoms with van der Waals surface area (Å²) in [5.74, 6) is -1.98. The second kappa shape index (κ2) is 9.34. The summed E-state index contributed by atoms with van der Waals surface area (Å²) in [6, 6.07) is 4.56. The second-order valence-electron chi connectivity index (χ2n) is 5.38. The number of carbonyl (C=O) groups is 3. The van der Waals surface area contributed by atoms with Crippen molar-refractivity contribution >= 4 is 40.9 Å². The molecule has 0 saturated carbocycles. The Morgan fingerprint density at radius 3 is 2.33 bits per heavy atom. The van der Waals surface area contributed by atoms with E-state index < -0.39 is 23.8 Å². The highest BCUT2D eigenvalue weighted by atomic mass is 35.5. The Bertz CT molecular complexity index is 623. The highest BCUT2D eigenvalue weighted by Crippen LogP contribution is 2.28. The van der Waals surface area contributed by atoms with E-state index in [1.807, 2.05) is 19.3 Å². The number of carbonyl (C=O) groups excluding carboxylic acids is 3. The van der Waals surface area contributed by atoms with Crippen LogP contribution in [0.1, 0.15) is 20.8 Å². The van der Waals surface area contributed by atoms with E-state index in [1.165, 1.54) is 19.1 Å². The van der Waals surface area contributed by atoms with Gasteiger partial charge in [0.1, 0.15) is 5.75 Å². The van der Waals surface area contributed by atoms with Crippen LogP contribution in [0.2, 0.25) is 10.0 Å². The van der Waals surface area contributed by atoms with E-state index in [0.29, 0.717) is 11.6 Å². The highest BCUT2D eigenvalue weighted by Gasteiger charge is 2.19. The minimum Gasteiger partial charge on any atom is -0.479 e. The molecule has 3 N–H and O–H groups in total. The Kier molecular flexibility index (Phi) is 7.81. The molecule has 1 unspecified atom stereocenters. The average Bonchev–Trinajstić information content (AvgIpc) is 2.52. The first-order valence-electron chi connectivity index (χ1n) is 7.20. The van der Waals surface area contributed by atoms with Gasteiger partial charge in [-0.3, -0.25) is 25.2 Å². The first-order valence-corrected chi connectivity index (χ1v) is 7.96. The smallest absolute Gasteiger partial charge is 0.327 e. The van der Waals surface area contributed by atoms with Crippen LogP contribution in [0.15, 0.2) is 18.2 Å². The molecule has 1 atom stereocenters. The van der Waals surface area contributed by atoms with Crippen molar-refractivity contribution in [1.29, 1.82) is 0 Å². The van der Waals surface area contributed by atoms with Gasteiger partial charge in [0, 0.05) is 11.6 Å². The van der Waals surface area contributed by atoms with Crippen LogP contribution in [0.4, 0.5) is 0 Å². The van der Waals surface area contributed by atoms with Crippen LogP contribution in [0.25, 0.3) is 0 Å². The number of hydrazine groups is 1. The van der Waals surface area contributed by atoms with Gasteiger partial charge in [-0.15, -0.1) is 0 Å². The normalized spacial score (nSPS) is 11.6. The Labute approximate surface area is 150 Å². The first kappa shape index (κ1) is 20.1. The van der Waals surface area contributed by atoms with Gasteiger partial charge in [0.25, 0.3) is 5.91 Å². The van der Waals surface area contributed by atoms with Crippen molar-refractivity contribution in [2.75, 3.05) is 6.54 Å². The van der Waals surface area contributed by atoms with E-state index in [0.717, 1.165) is 0 Å². The fraction of sp³-hybridized carbons (Fsp3) is 0.400. The van der Waals surface area contributed by atoms with E-state index in [1.54, 1.807) is 6.07 Å². The maximum absolute atomic E-state index is 11.9. The summed E-state index contributed by atoms with van der Waals surface area (Å²) in [5, 5.41) is 3.11. The first-order chi connectivity index (χ1) is 11.2. The van der Waals surface area contributed by atoms with Gasteiger partial charge in [-0.1, -0.05) is 37.0 Å². The monoisotopic (exact) mass is 375 g/mol. The molecule has 24 heavy (non-hydrogen) atoms. The zero-order chi connectivity index (χ0) is 18.3. The van der Waals surface area contributed by atoms with Crippen molar-refractivity contribution in [3.05, 3.63) is 28.2 Å². The summed E-state index contributed by atoms with van der Waals surface area (Å²) in [4.78, 5) is 34.8. The molecule has 3 amide bonds. The van der Waals surface area contributed by atoms with Crippen LogP contribution in [-0.2, 0) is 14.4 Å². The van der Waals surface area contributed by atoms with E-state index in [-0.39, 0.29) is 16.7 Å². The molecule has 0 spiro atoms. The van der Waals surface area contributed by atoms with Crippen molar-refractivity contribution in [3.63, 3.8) is 0 Å². The lowest BCUT2D eigenvalue weighted by atomic mass is 10.2. The summed E-state index contributed by atoms with van der Waals surface area (Å²) >= 11 is 11.7. The highest BCUT2D eigenvalue weighted by molar-refractivity contribution is 6.35. The lowest BCUT2D eigenvalue weighted by Crippen LogP contribution is -2.51. The standard InChI is InChI=1S/C15H19Cl2N3O4/c1-8(2)7-18-14(22)15(23)20-19-13(21)9(3)24-12-5-4-10(16)6-11(12)17/h4-6,8-9H,7H2,1-3H3,(H,18,22)(H,19,21)(H,20,23). The van der Waals surface area contributed by atoms with Crippen LogP contribution in [-0.4, -0.2) is 30.4 Å². The molecule has 0 aromatic heterocycles. The molecular formula is C15H19Cl2N3O4. The molecule has 0 bridgehead atoms. The summed E-state index contributed by atoms with van der Waals surface area (Å²) in [6.07, 6.45) is -0.956. The fourth-order valence-corrected chi connectivity index (χ4v) is 1.92. The summed E-state index contributed by atoms with van der Waals surface area (Å²) in [5.41, 5.74) is 4.12. The molecule has 0 aliphatic rings. The maximum Gasteiger partial charge on any atom is 0.327 e. The third-order valence-electron chi connectivity index (χ3n) is 2.74. The minimum atomic E-state index is -0.972. The van der Waals surface area contributed by atoms with Gasteiger partial charge in [0.05, 0.1) is 5.02 Å². The fourth-order valence-electron chi connectivity index (χ4n) is 1.47. The van der Waals surface area contributed by atoms with Crippen LogP contribution in [0, 0.1) is 5.92 Å². The third kappa shape index (κ3) is 6.64. The van der Waals surface area contributed by atoms with E-state index in [2.05, 4.69) is 10.7 Å². The Hall–Kier alpha value is -1.99. The third-order valence-corrected chi connectivity index (χ3v) is 3.27. The van der Waals surface area contributed by atoms with Crippen LogP contribution in [0.5, 0.6) is 5.75 Å². The predicted octanol–water partition coefficient (Wildman–Crippen LogP) is 1.68. The number of benzene rings is 1. The summed E-state index contributed by atoms with van der Waals surface area (Å²) < 4.78 is 5.38. The number of rotatable bonds is 5. The van der Waals surface area contributed by atoms with Crippen molar-refractivity contribution in [2.24, 2.45) is 5.92 Å². The molecule has 1 aromatic rings. The number of amides is 3. The lowest BCUT2D eigenvalue weighted by Gasteiger charge is -2.16. The molecule has 0 fully saturated rings. The molecule has 9 heteroatoms. The quantitative estimate of drug-likeness (QED) is 0.538. The van der Waals surface area contributed by atoms with Gasteiger partial charge in [-0.2, -0.15) is 0 Å². The average molecular weight is 376 g/mol. The second-order valence-corrected chi connectivity index (χ2v) is 6.23. The van der Waals surface area contributed by atoms with Crippen molar-refractivity contribution in [1.82, 2.24) is 16.2 Å². The van der Waals surface area contributed by atoms with Crippen LogP contribution in [0.3, 0.4) is 0 Å². The SMILES string of the molecule is CC(C)CNC(=O)C(=O)NNC(=O)C(C)Oc1ccc(Cl)cc1Cl. The van der Waals surface area contributed by atoms with Crippen molar-refractivity contribution < 1.29 is 19.1 Å². The number of nitrogens with one attached hydrogen (secondary N) is 3. The molecule has 0 aliphatic carbocycles. The molecule has 0 saturated heterocycles. The van der Waals surface area contributed by atoms with Crippen LogP contribution >= 0.6 is 23.2 Å². The van der Waals surface area contributed by atoms with Gasteiger partial charge < -0.3 is 10.1 Å². The molecule has 0 aliphatic heterocycles. The Morgan fingerprint density at radius 1 is 1.08 bits per heavy atom. The van der Waals surface area contributed by atoms with Gasteiger partial charge in [0.15, 0.2) is 6.10 Å². The van der Waals surface area contributed by atoms with Gasteiger partial charge in [0.2, 0.25) is 0 Å². The Balaban J connectivity index is 2.46. The number of hydrogen-bond donors (Lipinski definition) is 3. The van der Waals surface area contributed by atoms with Gasteiger partial charge in [-0.25, -0.2) is 0 Å². The molecule has 0 radical (unpaired) electrons. The van der Waals surface area contributed by atoms with E-state index >= 15 is 0 Å². The minimum absolute atomic E-state index is 0.203. The molecule has 7 nitrogen and oxygen atoms in total. The largest absolute Gasteiger partial charge is 0.479 e. The maximum atomic E-state index is 11.9. The summed E-state index contributed by atoms with van der Waals surface area (Å²) in [7, 11) is 0. The molecular weight excluding hydrogens is 357 g/mol. The van der Waals surface area contributed by atoms with E-state index in [4.69, 9.17) is 27.9 Å². The predicted molar refractivity (Wildman–Crippen MR) is 90.7 cm³/mol. The zero-order valence-corrected chi connectivity index (χ0v) is 15.0.